The van der Waals surface area contributed by atoms with Gasteiger partial charge in [-0.2, -0.15) is 0 Å². The minimum atomic E-state index is 0.447. The molecule has 2 fully saturated rings. The van der Waals surface area contributed by atoms with E-state index < -0.39 is 0 Å². The third kappa shape index (κ3) is 3.46. The second-order valence-electron chi connectivity index (χ2n) is 6.38. The van der Waals surface area contributed by atoms with Gasteiger partial charge in [0, 0.05) is 11.4 Å². The third-order valence-corrected chi connectivity index (χ3v) is 6.22. The van der Waals surface area contributed by atoms with Crippen molar-refractivity contribution in [3.8, 4) is 0 Å². The Labute approximate surface area is 131 Å². The van der Waals surface area contributed by atoms with Gasteiger partial charge >= 0.3 is 0 Å². The van der Waals surface area contributed by atoms with E-state index in [0.29, 0.717) is 10.7 Å². The van der Waals surface area contributed by atoms with Crippen LogP contribution in [-0.4, -0.2) is 13.2 Å². The van der Waals surface area contributed by atoms with Gasteiger partial charge in [-0.05, 0) is 48.6 Å². The van der Waals surface area contributed by atoms with Crippen molar-refractivity contribution < 1.29 is 4.74 Å². The van der Waals surface area contributed by atoms with E-state index in [2.05, 4.69) is 40.2 Å². The second kappa shape index (κ2) is 7.09. The first-order valence-electron chi connectivity index (χ1n) is 8.16. The van der Waals surface area contributed by atoms with Crippen LogP contribution in [0.4, 0.5) is 0 Å². The van der Waals surface area contributed by atoms with Gasteiger partial charge in [0.25, 0.3) is 0 Å². The SMILES string of the molecule is BrC(c1ccc(C2CCCCC2)cc1)C1CCCOC1. The minimum Gasteiger partial charge on any atom is -0.381 e. The van der Waals surface area contributed by atoms with Crippen LogP contribution in [0.5, 0.6) is 0 Å². The van der Waals surface area contributed by atoms with Gasteiger partial charge in [0.1, 0.15) is 0 Å². The highest BCUT2D eigenvalue weighted by Gasteiger charge is 2.23. The Morgan fingerprint density at radius 1 is 0.950 bits per heavy atom. The molecule has 3 rings (SSSR count). The van der Waals surface area contributed by atoms with Gasteiger partial charge in [-0.3, -0.25) is 0 Å². The average Bonchev–Trinajstić information content (AvgIpc) is 2.56. The van der Waals surface area contributed by atoms with Crippen molar-refractivity contribution in [2.75, 3.05) is 13.2 Å². The Morgan fingerprint density at radius 3 is 2.35 bits per heavy atom. The molecule has 2 unspecified atom stereocenters. The minimum absolute atomic E-state index is 0.447. The number of alkyl halides is 1. The molecule has 0 spiro atoms. The van der Waals surface area contributed by atoms with Crippen molar-refractivity contribution in [1.29, 1.82) is 0 Å². The molecule has 2 atom stereocenters. The Hall–Kier alpha value is -0.340. The summed E-state index contributed by atoms with van der Waals surface area (Å²) in [6.07, 6.45) is 9.49. The van der Waals surface area contributed by atoms with E-state index in [1.54, 1.807) is 5.56 Å². The maximum absolute atomic E-state index is 5.61. The average molecular weight is 337 g/mol. The molecule has 1 nitrogen and oxygen atoms in total. The molecule has 20 heavy (non-hydrogen) atoms. The van der Waals surface area contributed by atoms with E-state index in [1.807, 2.05) is 0 Å². The van der Waals surface area contributed by atoms with Gasteiger partial charge in [0.15, 0.2) is 0 Å². The van der Waals surface area contributed by atoms with Crippen LogP contribution in [0.3, 0.4) is 0 Å². The lowest BCUT2D eigenvalue weighted by Gasteiger charge is -2.27. The van der Waals surface area contributed by atoms with E-state index in [1.165, 1.54) is 50.5 Å². The van der Waals surface area contributed by atoms with Gasteiger partial charge in [-0.15, -0.1) is 0 Å². The fourth-order valence-electron chi connectivity index (χ4n) is 3.66. The molecule has 0 radical (unpaired) electrons. The number of halogens is 1. The maximum atomic E-state index is 5.61. The van der Waals surface area contributed by atoms with E-state index in [-0.39, 0.29) is 0 Å². The molecule has 1 aliphatic carbocycles. The van der Waals surface area contributed by atoms with Crippen LogP contribution in [0.2, 0.25) is 0 Å². The fourth-order valence-corrected chi connectivity index (χ4v) is 4.38. The third-order valence-electron chi connectivity index (χ3n) is 4.94. The molecule has 0 aromatic heterocycles. The molecule has 0 amide bonds. The normalized spacial score (nSPS) is 26.4. The van der Waals surface area contributed by atoms with Gasteiger partial charge in [0.2, 0.25) is 0 Å². The summed E-state index contributed by atoms with van der Waals surface area (Å²) in [5.41, 5.74) is 2.97. The Kier molecular flexibility index (Phi) is 5.17. The summed E-state index contributed by atoms with van der Waals surface area (Å²) in [6, 6.07) is 9.39. The standard InChI is InChI=1S/C18H25BrO/c19-18(17-7-4-12-20-13-17)16-10-8-15(9-11-16)14-5-2-1-3-6-14/h8-11,14,17-18H,1-7,12-13H2. The zero-order chi connectivity index (χ0) is 13.8. The highest BCUT2D eigenvalue weighted by molar-refractivity contribution is 9.09. The van der Waals surface area contributed by atoms with Crippen LogP contribution in [0, 0.1) is 5.92 Å². The molecule has 2 heteroatoms. The summed E-state index contributed by atoms with van der Waals surface area (Å²) in [6.45, 7) is 1.84. The first-order valence-corrected chi connectivity index (χ1v) is 9.08. The Balaban J connectivity index is 1.65. The topological polar surface area (TPSA) is 9.23 Å². The van der Waals surface area contributed by atoms with Crippen molar-refractivity contribution in [3.05, 3.63) is 35.4 Å². The highest BCUT2D eigenvalue weighted by Crippen LogP contribution is 2.37. The number of hydrogen-bond donors (Lipinski definition) is 0. The molecular weight excluding hydrogens is 312 g/mol. The largest absolute Gasteiger partial charge is 0.381 e. The number of ether oxygens (including phenoxy) is 1. The molecule has 1 saturated heterocycles. The first kappa shape index (κ1) is 14.6. The lowest BCUT2D eigenvalue weighted by Crippen LogP contribution is -2.21. The van der Waals surface area contributed by atoms with E-state index in [9.17, 15) is 0 Å². The lowest BCUT2D eigenvalue weighted by atomic mass is 9.83. The molecule has 1 aromatic rings. The molecule has 1 aliphatic heterocycles. The Bertz CT molecular complexity index is 402. The van der Waals surface area contributed by atoms with Crippen molar-refractivity contribution >= 4 is 15.9 Å². The summed E-state index contributed by atoms with van der Waals surface area (Å²) in [5.74, 6) is 1.44. The van der Waals surface area contributed by atoms with Crippen LogP contribution in [0.25, 0.3) is 0 Å². The fraction of sp³-hybridized carbons (Fsp3) is 0.667. The zero-order valence-corrected chi connectivity index (χ0v) is 13.8. The molecule has 1 heterocycles. The van der Waals surface area contributed by atoms with Crippen LogP contribution in [0.1, 0.15) is 66.8 Å². The molecule has 110 valence electrons. The summed E-state index contributed by atoms with van der Waals surface area (Å²) >= 11 is 3.89. The summed E-state index contributed by atoms with van der Waals surface area (Å²) < 4.78 is 5.61. The van der Waals surface area contributed by atoms with Crippen LogP contribution < -0.4 is 0 Å². The van der Waals surface area contributed by atoms with Crippen molar-refractivity contribution in [1.82, 2.24) is 0 Å². The van der Waals surface area contributed by atoms with Crippen molar-refractivity contribution in [2.45, 2.75) is 55.7 Å². The number of hydrogen-bond acceptors (Lipinski definition) is 1. The summed E-state index contributed by atoms with van der Waals surface area (Å²) in [5, 5.41) is 0. The van der Waals surface area contributed by atoms with Crippen molar-refractivity contribution in [2.24, 2.45) is 5.92 Å². The van der Waals surface area contributed by atoms with E-state index in [0.717, 1.165) is 19.1 Å². The van der Waals surface area contributed by atoms with Crippen LogP contribution in [-0.2, 0) is 4.74 Å². The van der Waals surface area contributed by atoms with Crippen molar-refractivity contribution in [3.63, 3.8) is 0 Å². The Morgan fingerprint density at radius 2 is 1.70 bits per heavy atom. The quantitative estimate of drug-likeness (QED) is 0.653. The monoisotopic (exact) mass is 336 g/mol. The smallest absolute Gasteiger partial charge is 0.0508 e. The van der Waals surface area contributed by atoms with Gasteiger partial charge < -0.3 is 4.74 Å². The number of rotatable bonds is 3. The molecule has 1 saturated carbocycles. The molecule has 1 aromatic carbocycles. The summed E-state index contributed by atoms with van der Waals surface area (Å²) in [7, 11) is 0. The van der Waals surface area contributed by atoms with E-state index >= 15 is 0 Å². The predicted octanol–water partition coefficient (Wildman–Crippen LogP) is 5.60. The molecule has 2 aliphatic rings. The zero-order valence-electron chi connectivity index (χ0n) is 12.2. The second-order valence-corrected chi connectivity index (χ2v) is 7.37. The van der Waals surface area contributed by atoms with Gasteiger partial charge in [-0.1, -0.05) is 59.5 Å². The van der Waals surface area contributed by atoms with E-state index in [4.69, 9.17) is 4.74 Å². The highest BCUT2D eigenvalue weighted by atomic mass is 79.9. The maximum Gasteiger partial charge on any atom is 0.0508 e. The van der Waals surface area contributed by atoms with Gasteiger partial charge in [-0.25, -0.2) is 0 Å². The van der Waals surface area contributed by atoms with Crippen LogP contribution >= 0.6 is 15.9 Å². The summed E-state index contributed by atoms with van der Waals surface area (Å²) in [4.78, 5) is 0.447. The first-order chi connectivity index (χ1) is 9.84. The molecule has 0 bridgehead atoms. The van der Waals surface area contributed by atoms with Gasteiger partial charge in [0.05, 0.1) is 6.61 Å². The lowest BCUT2D eigenvalue weighted by molar-refractivity contribution is 0.0546. The predicted molar refractivity (Wildman–Crippen MR) is 87.5 cm³/mol. The molecule has 0 N–H and O–H groups in total. The number of benzene rings is 1. The van der Waals surface area contributed by atoms with Crippen LogP contribution in [0.15, 0.2) is 24.3 Å². The molecular formula is C18H25BrO.